The van der Waals surface area contributed by atoms with Gasteiger partial charge >= 0.3 is 5.30 Å². The van der Waals surface area contributed by atoms with Crippen LogP contribution in [0.1, 0.15) is 5.56 Å². The van der Waals surface area contributed by atoms with Gasteiger partial charge < -0.3 is 4.74 Å². The lowest BCUT2D eigenvalue weighted by molar-refractivity contribution is 0.176. The average molecular weight is 246 g/mol. The van der Waals surface area contributed by atoms with E-state index in [1.165, 1.54) is 16.3 Å². The number of ether oxygens (including phenoxy) is 1. The van der Waals surface area contributed by atoms with Crippen LogP contribution in [0.25, 0.3) is 10.8 Å². The standard InChI is InChI=1S/C14H14O2S/c1-17-14(15)16-9-8-11-6-7-12-4-2-3-5-13(12)10-11/h2-7,10H,8-9H2,1H3. The number of rotatable bonds is 3. The van der Waals surface area contributed by atoms with E-state index in [1.807, 2.05) is 12.1 Å². The normalized spacial score (nSPS) is 10.4. The van der Waals surface area contributed by atoms with E-state index < -0.39 is 0 Å². The van der Waals surface area contributed by atoms with Gasteiger partial charge in [-0.1, -0.05) is 42.5 Å². The Bertz CT molecular complexity index is 522. The molecule has 2 aromatic carbocycles. The molecule has 0 heterocycles. The first-order valence-corrected chi connectivity index (χ1v) is 6.70. The molecule has 17 heavy (non-hydrogen) atoms. The van der Waals surface area contributed by atoms with E-state index in [1.54, 1.807) is 6.26 Å². The van der Waals surface area contributed by atoms with Crippen LogP contribution < -0.4 is 0 Å². The molecule has 2 aromatic rings. The zero-order chi connectivity index (χ0) is 12.1. The van der Waals surface area contributed by atoms with Crippen LogP contribution in [0.3, 0.4) is 0 Å². The lowest BCUT2D eigenvalue weighted by Gasteiger charge is -2.04. The van der Waals surface area contributed by atoms with Crippen molar-refractivity contribution in [2.75, 3.05) is 12.9 Å². The van der Waals surface area contributed by atoms with Gasteiger partial charge in [-0.05, 0) is 34.4 Å². The molecule has 0 amide bonds. The average Bonchev–Trinajstić information content (AvgIpc) is 2.38. The SMILES string of the molecule is CSC(=O)OCCc1ccc2ccccc2c1. The number of hydrogen-bond acceptors (Lipinski definition) is 3. The second kappa shape index (κ2) is 5.73. The first kappa shape index (κ1) is 12.0. The summed E-state index contributed by atoms with van der Waals surface area (Å²) in [6, 6.07) is 14.6. The fourth-order valence-electron chi connectivity index (χ4n) is 1.71. The lowest BCUT2D eigenvalue weighted by Crippen LogP contribution is -2.01. The van der Waals surface area contributed by atoms with E-state index >= 15 is 0 Å². The molecule has 0 fully saturated rings. The Morgan fingerprint density at radius 3 is 2.71 bits per heavy atom. The minimum Gasteiger partial charge on any atom is -0.457 e. The minimum atomic E-state index is -0.217. The summed E-state index contributed by atoms with van der Waals surface area (Å²) in [5.74, 6) is 0. The maximum Gasteiger partial charge on any atom is 0.367 e. The molecule has 0 radical (unpaired) electrons. The van der Waals surface area contributed by atoms with Gasteiger partial charge in [-0.25, -0.2) is 4.79 Å². The van der Waals surface area contributed by atoms with E-state index in [0.717, 1.165) is 18.2 Å². The monoisotopic (exact) mass is 246 g/mol. The third-order valence-electron chi connectivity index (χ3n) is 2.59. The van der Waals surface area contributed by atoms with Gasteiger partial charge in [-0.15, -0.1) is 0 Å². The molecule has 2 rings (SSSR count). The topological polar surface area (TPSA) is 26.3 Å². The molecule has 0 aliphatic rings. The summed E-state index contributed by atoms with van der Waals surface area (Å²) in [4.78, 5) is 11.0. The molecule has 0 saturated carbocycles. The van der Waals surface area contributed by atoms with Crippen LogP contribution in [0.2, 0.25) is 0 Å². The molecule has 0 saturated heterocycles. The van der Waals surface area contributed by atoms with Gasteiger partial charge in [0, 0.05) is 6.42 Å². The van der Waals surface area contributed by atoms with Crippen LogP contribution in [0.15, 0.2) is 42.5 Å². The van der Waals surface area contributed by atoms with Crippen LogP contribution in [0.5, 0.6) is 0 Å². The second-order valence-electron chi connectivity index (χ2n) is 3.73. The number of fused-ring (bicyclic) bond motifs is 1. The molecule has 0 bridgehead atoms. The number of carbonyl (C=O) groups excluding carboxylic acids is 1. The summed E-state index contributed by atoms with van der Waals surface area (Å²) < 4.78 is 5.03. The second-order valence-corrected chi connectivity index (χ2v) is 4.48. The van der Waals surface area contributed by atoms with Gasteiger partial charge in [-0.3, -0.25) is 0 Å². The highest BCUT2D eigenvalue weighted by Crippen LogP contribution is 2.16. The summed E-state index contributed by atoms with van der Waals surface area (Å²) >= 11 is 1.10. The molecule has 0 aliphatic heterocycles. The highest BCUT2D eigenvalue weighted by Gasteiger charge is 2.00. The third-order valence-corrected chi connectivity index (χ3v) is 3.04. The Labute approximate surface area is 105 Å². The predicted molar refractivity (Wildman–Crippen MR) is 72.5 cm³/mol. The fourth-order valence-corrected chi connectivity index (χ4v) is 1.91. The van der Waals surface area contributed by atoms with Crippen molar-refractivity contribution in [3.8, 4) is 0 Å². The van der Waals surface area contributed by atoms with Crippen molar-refractivity contribution >= 4 is 27.8 Å². The Kier molecular flexibility index (Phi) is 4.04. The summed E-state index contributed by atoms with van der Waals surface area (Å²) in [5.41, 5.74) is 1.19. The Morgan fingerprint density at radius 1 is 1.18 bits per heavy atom. The van der Waals surface area contributed by atoms with Crippen LogP contribution in [-0.2, 0) is 11.2 Å². The van der Waals surface area contributed by atoms with E-state index in [4.69, 9.17) is 4.74 Å². The molecule has 0 aliphatic carbocycles. The van der Waals surface area contributed by atoms with E-state index in [9.17, 15) is 4.79 Å². The first-order valence-electron chi connectivity index (χ1n) is 5.48. The third kappa shape index (κ3) is 3.24. The van der Waals surface area contributed by atoms with Crippen LogP contribution in [-0.4, -0.2) is 18.2 Å². The molecule has 3 heteroatoms. The van der Waals surface area contributed by atoms with E-state index in [0.29, 0.717) is 6.61 Å². The van der Waals surface area contributed by atoms with Gasteiger partial charge in [0.05, 0.1) is 6.61 Å². The number of carbonyl (C=O) groups is 1. The first-order chi connectivity index (χ1) is 8.29. The van der Waals surface area contributed by atoms with Crippen molar-refractivity contribution in [3.05, 3.63) is 48.0 Å². The summed E-state index contributed by atoms with van der Waals surface area (Å²) in [5, 5.41) is 2.24. The van der Waals surface area contributed by atoms with Crippen LogP contribution in [0.4, 0.5) is 4.79 Å². The molecular weight excluding hydrogens is 232 g/mol. The van der Waals surface area contributed by atoms with Crippen molar-refractivity contribution in [2.24, 2.45) is 0 Å². The summed E-state index contributed by atoms with van der Waals surface area (Å²) in [6.45, 7) is 0.442. The van der Waals surface area contributed by atoms with E-state index in [-0.39, 0.29) is 5.30 Å². The largest absolute Gasteiger partial charge is 0.457 e. The van der Waals surface area contributed by atoms with Crippen molar-refractivity contribution in [2.45, 2.75) is 6.42 Å². The molecule has 2 nitrogen and oxygen atoms in total. The molecule has 0 N–H and O–H groups in total. The maximum absolute atomic E-state index is 11.0. The predicted octanol–water partition coefficient (Wildman–Crippen LogP) is 3.88. The van der Waals surface area contributed by atoms with E-state index in [2.05, 4.69) is 30.3 Å². The highest BCUT2D eigenvalue weighted by molar-refractivity contribution is 8.12. The van der Waals surface area contributed by atoms with Crippen molar-refractivity contribution in [3.63, 3.8) is 0 Å². The molecule has 0 unspecified atom stereocenters. The number of thioether (sulfide) groups is 1. The molecule has 0 atom stereocenters. The zero-order valence-corrected chi connectivity index (χ0v) is 10.5. The Hall–Kier alpha value is -1.48. The fraction of sp³-hybridized carbons (Fsp3) is 0.214. The minimum absolute atomic E-state index is 0.217. The molecule has 0 aromatic heterocycles. The van der Waals surface area contributed by atoms with Crippen LogP contribution in [0, 0.1) is 0 Å². The van der Waals surface area contributed by atoms with Crippen LogP contribution >= 0.6 is 11.8 Å². The zero-order valence-electron chi connectivity index (χ0n) is 9.68. The van der Waals surface area contributed by atoms with Crippen molar-refractivity contribution in [1.82, 2.24) is 0 Å². The van der Waals surface area contributed by atoms with Crippen molar-refractivity contribution in [1.29, 1.82) is 0 Å². The molecule has 0 spiro atoms. The maximum atomic E-state index is 11.0. The van der Waals surface area contributed by atoms with Gasteiger partial charge in [0.2, 0.25) is 0 Å². The Morgan fingerprint density at radius 2 is 1.94 bits per heavy atom. The van der Waals surface area contributed by atoms with Crippen molar-refractivity contribution < 1.29 is 9.53 Å². The smallest absolute Gasteiger partial charge is 0.367 e. The van der Waals surface area contributed by atoms with Gasteiger partial charge in [0.1, 0.15) is 0 Å². The number of benzene rings is 2. The number of hydrogen-bond donors (Lipinski definition) is 0. The summed E-state index contributed by atoms with van der Waals surface area (Å²) in [7, 11) is 0. The Balaban J connectivity index is 2.02. The molecular formula is C14H14O2S. The lowest BCUT2D eigenvalue weighted by atomic mass is 10.1. The van der Waals surface area contributed by atoms with Gasteiger partial charge in [0.15, 0.2) is 0 Å². The summed E-state index contributed by atoms with van der Waals surface area (Å²) in [6.07, 6.45) is 2.48. The molecule has 88 valence electrons. The van der Waals surface area contributed by atoms with Gasteiger partial charge in [0.25, 0.3) is 0 Å². The van der Waals surface area contributed by atoms with Gasteiger partial charge in [-0.2, -0.15) is 0 Å². The highest BCUT2D eigenvalue weighted by atomic mass is 32.2. The quantitative estimate of drug-likeness (QED) is 0.769.